The minimum Gasteiger partial charge on any atom is -0.391 e. The van der Waals surface area contributed by atoms with Crippen LogP contribution in [0.4, 0.5) is 0 Å². The van der Waals surface area contributed by atoms with Crippen molar-refractivity contribution in [3.63, 3.8) is 0 Å². The van der Waals surface area contributed by atoms with E-state index < -0.39 is 0 Å². The van der Waals surface area contributed by atoms with Gasteiger partial charge in [0.05, 0.1) is 12.1 Å². The quantitative estimate of drug-likeness (QED) is 0.752. The molecule has 0 aromatic carbocycles. The predicted octanol–water partition coefficient (Wildman–Crippen LogP) is 0.842. The lowest BCUT2D eigenvalue weighted by Gasteiger charge is -2.35. The second-order valence-corrected chi connectivity index (χ2v) is 6.20. The highest BCUT2D eigenvalue weighted by molar-refractivity contribution is 5.82. The monoisotopic (exact) mass is 252 g/mol. The van der Waals surface area contributed by atoms with Gasteiger partial charge < -0.3 is 10.0 Å². The van der Waals surface area contributed by atoms with Crippen molar-refractivity contribution in [2.45, 2.75) is 56.7 Å². The summed E-state index contributed by atoms with van der Waals surface area (Å²) in [6.45, 7) is 1.86. The maximum absolute atomic E-state index is 12.5. The van der Waals surface area contributed by atoms with Crippen molar-refractivity contribution in [3.8, 4) is 0 Å². The normalized spacial score (nSPS) is 41.1. The van der Waals surface area contributed by atoms with Gasteiger partial charge in [-0.3, -0.25) is 9.69 Å². The molecule has 1 aliphatic carbocycles. The van der Waals surface area contributed by atoms with Gasteiger partial charge in [-0.25, -0.2) is 0 Å². The Balaban J connectivity index is 1.72. The molecule has 0 spiro atoms. The molecule has 2 saturated heterocycles. The molecule has 1 saturated carbocycles. The highest BCUT2D eigenvalue weighted by Crippen LogP contribution is 2.39. The van der Waals surface area contributed by atoms with E-state index in [0.717, 1.165) is 45.2 Å². The number of aliphatic hydroxyl groups excluding tert-OH is 1. The molecule has 4 nitrogen and oxygen atoms in total. The van der Waals surface area contributed by atoms with Crippen molar-refractivity contribution in [2.75, 3.05) is 20.1 Å². The van der Waals surface area contributed by atoms with Crippen LogP contribution in [0.15, 0.2) is 0 Å². The van der Waals surface area contributed by atoms with Gasteiger partial charge in [-0.05, 0) is 45.1 Å². The van der Waals surface area contributed by atoms with Crippen LogP contribution < -0.4 is 0 Å². The van der Waals surface area contributed by atoms with E-state index in [2.05, 4.69) is 4.90 Å². The Morgan fingerprint density at radius 2 is 1.89 bits per heavy atom. The third-order valence-electron chi connectivity index (χ3n) is 5.14. The molecular weight excluding hydrogens is 228 g/mol. The van der Waals surface area contributed by atoms with Gasteiger partial charge in [-0.1, -0.05) is 6.42 Å². The molecule has 3 fully saturated rings. The number of aliphatic hydroxyl groups is 1. The molecule has 2 aliphatic heterocycles. The SMILES string of the molecule is CN1[C@@H]2[C@@H](CCC[C@@H]2O)C[C@H]1C(=O)N1CCCC1. The molecule has 0 aromatic heterocycles. The third kappa shape index (κ3) is 1.95. The first-order valence-electron chi connectivity index (χ1n) is 7.37. The number of likely N-dealkylation sites (N-methyl/N-ethyl adjacent to an activating group) is 1. The zero-order valence-corrected chi connectivity index (χ0v) is 11.2. The van der Waals surface area contributed by atoms with Gasteiger partial charge in [0.25, 0.3) is 0 Å². The standard InChI is InChI=1S/C14H24N2O2/c1-15-11(14(18)16-7-2-3-8-16)9-10-5-4-6-12(17)13(10)15/h10-13,17H,2-9H2,1H3/t10-,11-,12-,13+/m0/s1. The lowest BCUT2D eigenvalue weighted by molar-refractivity contribution is -0.135. The van der Waals surface area contributed by atoms with Crippen molar-refractivity contribution >= 4 is 5.91 Å². The Labute approximate surface area is 109 Å². The van der Waals surface area contributed by atoms with Gasteiger partial charge in [0.15, 0.2) is 0 Å². The molecule has 0 radical (unpaired) electrons. The van der Waals surface area contributed by atoms with E-state index in [1.165, 1.54) is 6.42 Å². The Hall–Kier alpha value is -0.610. The van der Waals surface area contributed by atoms with Gasteiger partial charge in [0, 0.05) is 19.1 Å². The topological polar surface area (TPSA) is 43.8 Å². The number of carbonyl (C=O) groups excluding carboxylic acids is 1. The van der Waals surface area contributed by atoms with E-state index in [0.29, 0.717) is 11.8 Å². The van der Waals surface area contributed by atoms with E-state index in [-0.39, 0.29) is 18.2 Å². The van der Waals surface area contributed by atoms with E-state index in [9.17, 15) is 9.90 Å². The fourth-order valence-corrected chi connectivity index (χ4v) is 4.19. The van der Waals surface area contributed by atoms with Gasteiger partial charge in [-0.15, -0.1) is 0 Å². The highest BCUT2D eigenvalue weighted by Gasteiger charge is 2.47. The van der Waals surface area contributed by atoms with Crippen molar-refractivity contribution < 1.29 is 9.90 Å². The molecule has 1 amide bonds. The van der Waals surface area contributed by atoms with E-state index in [1.54, 1.807) is 0 Å². The zero-order chi connectivity index (χ0) is 12.7. The van der Waals surface area contributed by atoms with Gasteiger partial charge in [0.1, 0.15) is 0 Å². The van der Waals surface area contributed by atoms with Crippen molar-refractivity contribution in [2.24, 2.45) is 5.92 Å². The summed E-state index contributed by atoms with van der Waals surface area (Å²) in [5, 5.41) is 10.1. The van der Waals surface area contributed by atoms with Crippen LogP contribution in [-0.2, 0) is 4.79 Å². The fourth-order valence-electron chi connectivity index (χ4n) is 4.19. The first-order chi connectivity index (χ1) is 8.68. The number of hydrogen-bond acceptors (Lipinski definition) is 3. The number of carbonyl (C=O) groups is 1. The molecule has 3 aliphatic rings. The first kappa shape index (κ1) is 12.4. The van der Waals surface area contributed by atoms with Crippen LogP contribution >= 0.6 is 0 Å². The number of fused-ring (bicyclic) bond motifs is 1. The summed E-state index contributed by atoms with van der Waals surface area (Å²) in [5.41, 5.74) is 0. The number of rotatable bonds is 1. The van der Waals surface area contributed by atoms with Crippen LogP contribution in [0.25, 0.3) is 0 Å². The molecule has 2 heterocycles. The van der Waals surface area contributed by atoms with Crippen LogP contribution in [0, 0.1) is 5.92 Å². The maximum Gasteiger partial charge on any atom is 0.239 e. The minimum atomic E-state index is -0.231. The summed E-state index contributed by atoms with van der Waals surface area (Å²) < 4.78 is 0. The van der Waals surface area contributed by atoms with E-state index in [1.807, 2.05) is 11.9 Å². The van der Waals surface area contributed by atoms with Crippen LogP contribution in [-0.4, -0.2) is 59.1 Å². The highest BCUT2D eigenvalue weighted by atomic mass is 16.3. The predicted molar refractivity (Wildman–Crippen MR) is 69.1 cm³/mol. The summed E-state index contributed by atoms with van der Waals surface area (Å²) in [5.74, 6) is 0.826. The molecule has 0 bridgehead atoms. The number of hydrogen-bond donors (Lipinski definition) is 1. The van der Waals surface area contributed by atoms with Crippen molar-refractivity contribution in [1.29, 1.82) is 0 Å². The molecule has 18 heavy (non-hydrogen) atoms. The molecule has 0 aromatic rings. The van der Waals surface area contributed by atoms with E-state index >= 15 is 0 Å². The van der Waals surface area contributed by atoms with Crippen LogP contribution in [0.2, 0.25) is 0 Å². The molecular formula is C14H24N2O2. The Kier molecular flexibility index (Phi) is 3.32. The molecule has 102 valence electrons. The average molecular weight is 252 g/mol. The third-order valence-corrected chi connectivity index (χ3v) is 5.14. The van der Waals surface area contributed by atoms with Crippen LogP contribution in [0.1, 0.15) is 38.5 Å². The Morgan fingerprint density at radius 1 is 1.17 bits per heavy atom. The fraction of sp³-hybridized carbons (Fsp3) is 0.929. The van der Waals surface area contributed by atoms with Gasteiger partial charge in [0.2, 0.25) is 5.91 Å². The summed E-state index contributed by atoms with van der Waals surface area (Å²) >= 11 is 0. The average Bonchev–Trinajstić information content (AvgIpc) is 2.97. The smallest absolute Gasteiger partial charge is 0.239 e. The Morgan fingerprint density at radius 3 is 2.56 bits per heavy atom. The second-order valence-electron chi connectivity index (χ2n) is 6.20. The minimum absolute atomic E-state index is 0.0193. The lowest BCUT2D eigenvalue weighted by Crippen LogP contribution is -2.49. The summed E-state index contributed by atoms with van der Waals surface area (Å²) in [6.07, 6.45) is 6.21. The van der Waals surface area contributed by atoms with Crippen LogP contribution in [0.3, 0.4) is 0 Å². The van der Waals surface area contributed by atoms with Gasteiger partial charge in [-0.2, -0.15) is 0 Å². The second kappa shape index (κ2) is 4.82. The number of nitrogens with zero attached hydrogens (tertiary/aromatic N) is 2. The van der Waals surface area contributed by atoms with Crippen molar-refractivity contribution in [3.05, 3.63) is 0 Å². The molecule has 1 N–H and O–H groups in total. The Bertz CT molecular complexity index is 328. The lowest BCUT2D eigenvalue weighted by atomic mass is 9.83. The zero-order valence-electron chi connectivity index (χ0n) is 11.2. The molecule has 3 rings (SSSR count). The summed E-state index contributed by atoms with van der Waals surface area (Å²) in [7, 11) is 2.03. The van der Waals surface area contributed by atoms with Crippen molar-refractivity contribution in [1.82, 2.24) is 9.80 Å². The maximum atomic E-state index is 12.5. The van der Waals surface area contributed by atoms with Gasteiger partial charge >= 0.3 is 0 Å². The summed E-state index contributed by atoms with van der Waals surface area (Å²) in [4.78, 5) is 16.7. The molecule has 0 unspecified atom stereocenters. The van der Waals surface area contributed by atoms with E-state index in [4.69, 9.17) is 0 Å². The summed E-state index contributed by atoms with van der Waals surface area (Å²) in [6, 6.07) is 0.237. The molecule has 4 heteroatoms. The number of amides is 1. The number of likely N-dealkylation sites (tertiary alicyclic amines) is 2. The molecule has 4 atom stereocenters. The first-order valence-corrected chi connectivity index (χ1v) is 7.37. The largest absolute Gasteiger partial charge is 0.391 e. The van der Waals surface area contributed by atoms with Crippen LogP contribution in [0.5, 0.6) is 0 Å².